The molecule has 0 spiro atoms. The van der Waals surface area contributed by atoms with Gasteiger partial charge in [0.05, 0.1) is 0 Å². The molecule has 1 aliphatic rings. The molecule has 1 N–H and O–H groups in total. The quantitative estimate of drug-likeness (QED) is 0.528. The molecule has 1 aliphatic heterocycles. The van der Waals surface area contributed by atoms with Gasteiger partial charge in [-0.05, 0) is 24.1 Å². The van der Waals surface area contributed by atoms with Gasteiger partial charge in [-0.2, -0.15) is 0 Å². The van der Waals surface area contributed by atoms with Crippen LogP contribution in [0.2, 0.25) is 0 Å². The minimum atomic E-state index is 1.05. The van der Waals surface area contributed by atoms with Crippen molar-refractivity contribution in [3.8, 4) is 0 Å². The van der Waals surface area contributed by atoms with E-state index in [1.807, 2.05) is 0 Å². The van der Waals surface area contributed by atoms with Crippen molar-refractivity contribution in [2.24, 2.45) is 0 Å². The van der Waals surface area contributed by atoms with E-state index in [0.717, 1.165) is 13.1 Å². The Morgan fingerprint density at radius 1 is 1.10 bits per heavy atom. The summed E-state index contributed by atoms with van der Waals surface area (Å²) in [6.07, 6.45) is 1.19. The average Bonchev–Trinajstić information content (AvgIpc) is 2.05. The van der Waals surface area contributed by atoms with Gasteiger partial charge < -0.3 is 5.32 Å². The van der Waals surface area contributed by atoms with E-state index in [9.17, 15) is 0 Å². The van der Waals surface area contributed by atoms with Gasteiger partial charge >= 0.3 is 0 Å². The van der Waals surface area contributed by atoms with Crippen LogP contribution in [0.5, 0.6) is 0 Å². The van der Waals surface area contributed by atoms with Crippen molar-refractivity contribution < 1.29 is 0 Å². The van der Waals surface area contributed by atoms with E-state index in [1.165, 1.54) is 17.5 Å². The van der Waals surface area contributed by atoms with Crippen LogP contribution in [0.1, 0.15) is 11.1 Å². The fourth-order valence-corrected chi connectivity index (χ4v) is 1.42. The standard InChI is InChI=1S/C9H11N/c1-2-4-9-7-10-6-5-8(9)3-1/h1-4,10H,5-7H2/i7+1. The first kappa shape index (κ1) is 5.93. The molecule has 0 bridgehead atoms. The average molecular weight is 134 g/mol. The van der Waals surface area contributed by atoms with E-state index in [4.69, 9.17) is 0 Å². The lowest BCUT2D eigenvalue weighted by Crippen LogP contribution is -2.23. The Bertz CT molecular complexity index is 205. The second-order valence-corrected chi connectivity index (χ2v) is 2.70. The van der Waals surface area contributed by atoms with Gasteiger partial charge in [0, 0.05) is 6.54 Å². The van der Waals surface area contributed by atoms with Crippen LogP contribution < -0.4 is 5.32 Å². The maximum Gasteiger partial charge on any atom is 0.0208 e. The molecule has 1 heterocycles. The molecular weight excluding hydrogens is 123 g/mol. The molecule has 0 radical (unpaired) electrons. The van der Waals surface area contributed by atoms with Gasteiger partial charge in [0.15, 0.2) is 0 Å². The minimum Gasteiger partial charge on any atom is -0.312 e. The van der Waals surface area contributed by atoms with Crippen molar-refractivity contribution in [2.75, 3.05) is 6.54 Å². The highest BCUT2D eigenvalue weighted by molar-refractivity contribution is 5.28. The lowest BCUT2D eigenvalue weighted by atomic mass is 10.1. The predicted molar refractivity (Wildman–Crippen MR) is 41.9 cm³/mol. The third kappa shape index (κ3) is 0.929. The molecule has 1 heteroatoms. The van der Waals surface area contributed by atoms with Gasteiger partial charge in [-0.1, -0.05) is 24.3 Å². The van der Waals surface area contributed by atoms with E-state index in [0.29, 0.717) is 0 Å². The van der Waals surface area contributed by atoms with Crippen LogP contribution in [-0.2, 0) is 13.0 Å². The molecule has 0 saturated carbocycles. The van der Waals surface area contributed by atoms with Gasteiger partial charge in [-0.3, -0.25) is 0 Å². The van der Waals surface area contributed by atoms with Crippen LogP contribution in [-0.4, -0.2) is 6.54 Å². The molecule has 0 fully saturated rings. The number of rotatable bonds is 0. The molecule has 1 nitrogen and oxygen atoms in total. The van der Waals surface area contributed by atoms with Crippen LogP contribution >= 0.6 is 0 Å². The van der Waals surface area contributed by atoms with E-state index >= 15 is 0 Å². The topological polar surface area (TPSA) is 12.0 Å². The zero-order valence-corrected chi connectivity index (χ0v) is 5.93. The van der Waals surface area contributed by atoms with E-state index < -0.39 is 0 Å². The van der Waals surface area contributed by atoms with Crippen LogP contribution in [0, 0.1) is 0 Å². The summed E-state index contributed by atoms with van der Waals surface area (Å²) in [5.41, 5.74) is 2.98. The summed E-state index contributed by atoms with van der Waals surface area (Å²) < 4.78 is 0. The molecule has 0 atom stereocenters. The van der Waals surface area contributed by atoms with Crippen molar-refractivity contribution in [3.63, 3.8) is 0 Å². The smallest absolute Gasteiger partial charge is 0.0208 e. The molecule has 1 aromatic carbocycles. The van der Waals surface area contributed by atoms with Crippen molar-refractivity contribution in [3.05, 3.63) is 35.4 Å². The van der Waals surface area contributed by atoms with Crippen LogP contribution in [0.4, 0.5) is 0 Å². The summed E-state index contributed by atoms with van der Waals surface area (Å²) in [6.45, 7) is 2.19. The SMILES string of the molecule is c1ccc2c(c1)CCN[13CH2]2. The van der Waals surface area contributed by atoms with E-state index in [-0.39, 0.29) is 0 Å². The summed E-state index contributed by atoms with van der Waals surface area (Å²) in [4.78, 5) is 0. The monoisotopic (exact) mass is 134 g/mol. The Morgan fingerprint density at radius 2 is 1.90 bits per heavy atom. The fourth-order valence-electron chi connectivity index (χ4n) is 1.42. The number of hydrogen-bond acceptors (Lipinski definition) is 1. The number of fused-ring (bicyclic) bond motifs is 1. The predicted octanol–water partition coefficient (Wildman–Crippen LogP) is 1.33. The summed E-state index contributed by atoms with van der Waals surface area (Å²) >= 11 is 0. The Labute approximate surface area is 61.1 Å². The molecular formula is C9H11N. The third-order valence-electron chi connectivity index (χ3n) is 2.00. The number of hydrogen-bond donors (Lipinski definition) is 1. The highest BCUT2D eigenvalue weighted by Gasteiger charge is 2.05. The van der Waals surface area contributed by atoms with Gasteiger partial charge in [0.2, 0.25) is 0 Å². The second-order valence-electron chi connectivity index (χ2n) is 2.70. The van der Waals surface area contributed by atoms with Crippen molar-refractivity contribution in [1.29, 1.82) is 0 Å². The van der Waals surface area contributed by atoms with Crippen molar-refractivity contribution in [1.82, 2.24) is 5.32 Å². The maximum atomic E-state index is 3.34. The van der Waals surface area contributed by atoms with E-state index in [1.54, 1.807) is 0 Å². The molecule has 2 rings (SSSR count). The van der Waals surface area contributed by atoms with E-state index in [2.05, 4.69) is 29.6 Å². The molecule has 0 aliphatic carbocycles. The zero-order chi connectivity index (χ0) is 6.81. The van der Waals surface area contributed by atoms with Gasteiger partial charge in [0.1, 0.15) is 0 Å². The van der Waals surface area contributed by atoms with Gasteiger partial charge in [0.25, 0.3) is 0 Å². The highest BCUT2D eigenvalue weighted by atomic mass is 15.0. The summed E-state index contributed by atoms with van der Waals surface area (Å²) in [5, 5.41) is 3.34. The highest BCUT2D eigenvalue weighted by Crippen LogP contribution is 2.11. The first-order chi connectivity index (χ1) is 4.97. The summed E-state index contributed by atoms with van der Waals surface area (Å²) in [5.74, 6) is 0. The van der Waals surface area contributed by atoms with Crippen molar-refractivity contribution in [2.45, 2.75) is 13.0 Å². The Morgan fingerprint density at radius 3 is 2.70 bits per heavy atom. The molecule has 1 aromatic rings. The Kier molecular flexibility index (Phi) is 1.44. The lowest BCUT2D eigenvalue weighted by Gasteiger charge is -2.15. The molecule has 0 aromatic heterocycles. The van der Waals surface area contributed by atoms with Gasteiger partial charge in [-0.25, -0.2) is 0 Å². The fraction of sp³-hybridized carbons (Fsp3) is 0.333. The largest absolute Gasteiger partial charge is 0.312 e. The normalized spacial score (nSPS) is 16.4. The van der Waals surface area contributed by atoms with Crippen molar-refractivity contribution >= 4 is 0 Å². The molecule has 0 unspecified atom stereocenters. The zero-order valence-electron chi connectivity index (χ0n) is 5.93. The molecule has 10 heavy (non-hydrogen) atoms. The Balaban J connectivity index is 2.41. The molecule has 0 amide bonds. The molecule has 52 valence electrons. The second kappa shape index (κ2) is 2.43. The first-order valence-corrected chi connectivity index (χ1v) is 3.74. The first-order valence-electron chi connectivity index (χ1n) is 3.74. The summed E-state index contributed by atoms with van der Waals surface area (Å²) in [7, 11) is 0. The number of nitrogens with one attached hydrogen (secondary N) is 1. The lowest BCUT2D eigenvalue weighted by molar-refractivity contribution is 0.644. The van der Waals surface area contributed by atoms with Crippen LogP contribution in [0.15, 0.2) is 24.3 Å². The molecule has 0 saturated heterocycles. The number of benzene rings is 1. The summed E-state index contributed by atoms with van der Waals surface area (Å²) in [6, 6.07) is 8.63. The third-order valence-corrected chi connectivity index (χ3v) is 2.00. The van der Waals surface area contributed by atoms with Crippen LogP contribution in [0.25, 0.3) is 0 Å². The minimum absolute atomic E-state index is 1.05. The Hall–Kier alpha value is -0.820. The van der Waals surface area contributed by atoms with Crippen LogP contribution in [0.3, 0.4) is 0 Å². The van der Waals surface area contributed by atoms with Gasteiger partial charge in [-0.15, -0.1) is 0 Å². The maximum absolute atomic E-state index is 3.34.